The van der Waals surface area contributed by atoms with Crippen molar-refractivity contribution in [3.05, 3.63) is 36.4 Å². The highest BCUT2D eigenvalue weighted by Gasteiger charge is 2.25. The maximum Gasteiger partial charge on any atom is 0.321 e. The van der Waals surface area contributed by atoms with Gasteiger partial charge in [-0.15, -0.1) is 0 Å². The van der Waals surface area contributed by atoms with E-state index in [4.69, 9.17) is 22.3 Å². The zero-order chi connectivity index (χ0) is 20.0. The Balaban J connectivity index is 0.000000313. The standard InChI is InChI=1S/C13H14N2O4S.C6H13N/c14-10-5-6-12(9-4-2-1-3-8(9)10)20(18,19)7-11(15)13(16)17;7-6-4-2-1-3-5-6/h1-6,11H,7,14-15H2,(H,16,17);6H,1-5,7H2/t11-;/m0./s1. The SMILES string of the molecule is NC1CCCCC1.Nc1ccc(S(=O)(=O)C[C@H](N)C(=O)O)c2ccccc12. The van der Waals surface area contributed by atoms with Gasteiger partial charge in [-0.3, -0.25) is 4.79 Å². The number of carboxylic acids is 1. The number of nitrogens with two attached hydrogens (primary N) is 3. The summed E-state index contributed by atoms with van der Waals surface area (Å²) in [5.41, 5.74) is 17.2. The summed E-state index contributed by atoms with van der Waals surface area (Å²) in [7, 11) is -3.81. The summed E-state index contributed by atoms with van der Waals surface area (Å²) < 4.78 is 24.6. The molecular formula is C19H27N3O4S. The first-order chi connectivity index (χ1) is 12.7. The fourth-order valence-corrected chi connectivity index (χ4v) is 4.68. The van der Waals surface area contributed by atoms with E-state index in [-0.39, 0.29) is 4.90 Å². The number of nitrogen functional groups attached to an aromatic ring is 1. The molecule has 7 nitrogen and oxygen atoms in total. The minimum Gasteiger partial charge on any atom is -0.480 e. The number of hydrogen-bond donors (Lipinski definition) is 4. The Morgan fingerprint density at radius 3 is 2.19 bits per heavy atom. The maximum absolute atomic E-state index is 12.3. The molecule has 0 spiro atoms. The molecule has 0 bridgehead atoms. The summed E-state index contributed by atoms with van der Waals surface area (Å²) in [5, 5.41) is 9.81. The molecule has 0 saturated heterocycles. The number of carbonyl (C=O) groups is 1. The lowest BCUT2D eigenvalue weighted by Crippen LogP contribution is -2.37. The molecule has 0 radical (unpaired) electrons. The molecule has 1 fully saturated rings. The highest BCUT2D eigenvalue weighted by Crippen LogP contribution is 2.28. The predicted octanol–water partition coefficient (Wildman–Crippen LogP) is 1.89. The van der Waals surface area contributed by atoms with Crippen molar-refractivity contribution >= 4 is 32.3 Å². The van der Waals surface area contributed by atoms with Gasteiger partial charge in [0.25, 0.3) is 0 Å². The molecule has 0 aliphatic heterocycles. The number of fused-ring (bicyclic) bond motifs is 1. The largest absolute Gasteiger partial charge is 0.480 e. The van der Waals surface area contributed by atoms with Crippen molar-refractivity contribution in [2.24, 2.45) is 11.5 Å². The molecule has 2 aromatic rings. The van der Waals surface area contributed by atoms with Crippen LogP contribution in [0.25, 0.3) is 10.8 Å². The second-order valence-electron chi connectivity index (χ2n) is 6.82. The van der Waals surface area contributed by atoms with Gasteiger partial charge in [-0.05, 0) is 25.0 Å². The summed E-state index contributed by atoms with van der Waals surface area (Å²) in [6.07, 6.45) is 6.66. The van der Waals surface area contributed by atoms with Gasteiger partial charge in [-0.1, -0.05) is 43.5 Å². The molecule has 1 aliphatic rings. The van der Waals surface area contributed by atoms with E-state index >= 15 is 0 Å². The molecule has 2 aromatic carbocycles. The Morgan fingerprint density at radius 1 is 1.07 bits per heavy atom. The van der Waals surface area contributed by atoms with Gasteiger partial charge in [0, 0.05) is 22.5 Å². The van der Waals surface area contributed by atoms with E-state index < -0.39 is 27.6 Å². The highest BCUT2D eigenvalue weighted by atomic mass is 32.2. The van der Waals surface area contributed by atoms with Gasteiger partial charge in [-0.2, -0.15) is 0 Å². The van der Waals surface area contributed by atoms with Crippen LogP contribution in [0.2, 0.25) is 0 Å². The predicted molar refractivity (Wildman–Crippen MR) is 107 cm³/mol. The van der Waals surface area contributed by atoms with Crippen molar-refractivity contribution in [2.45, 2.75) is 49.1 Å². The van der Waals surface area contributed by atoms with Crippen LogP contribution >= 0.6 is 0 Å². The molecule has 0 aromatic heterocycles. The Labute approximate surface area is 159 Å². The Morgan fingerprint density at radius 2 is 1.67 bits per heavy atom. The van der Waals surface area contributed by atoms with Crippen molar-refractivity contribution in [1.29, 1.82) is 0 Å². The maximum atomic E-state index is 12.3. The number of aliphatic carboxylic acids is 1. The summed E-state index contributed by atoms with van der Waals surface area (Å²) in [4.78, 5) is 10.8. The number of hydrogen-bond acceptors (Lipinski definition) is 6. The average Bonchev–Trinajstić information content (AvgIpc) is 2.63. The van der Waals surface area contributed by atoms with E-state index in [0.29, 0.717) is 22.5 Å². The lowest BCUT2D eigenvalue weighted by atomic mass is 9.97. The van der Waals surface area contributed by atoms with Gasteiger partial charge < -0.3 is 22.3 Å². The van der Waals surface area contributed by atoms with Gasteiger partial charge in [-0.25, -0.2) is 8.42 Å². The topological polar surface area (TPSA) is 150 Å². The van der Waals surface area contributed by atoms with Crippen LogP contribution in [0, 0.1) is 0 Å². The second-order valence-corrected chi connectivity index (χ2v) is 8.83. The van der Waals surface area contributed by atoms with Gasteiger partial charge in [0.1, 0.15) is 6.04 Å². The lowest BCUT2D eigenvalue weighted by molar-refractivity contribution is -0.137. The molecule has 3 rings (SSSR count). The second kappa shape index (κ2) is 9.16. The minimum absolute atomic E-state index is 0.0407. The molecule has 8 heteroatoms. The van der Waals surface area contributed by atoms with E-state index in [1.54, 1.807) is 24.3 Å². The van der Waals surface area contributed by atoms with Crippen molar-refractivity contribution in [2.75, 3.05) is 11.5 Å². The van der Waals surface area contributed by atoms with Crippen LogP contribution in [0.5, 0.6) is 0 Å². The molecule has 0 amide bonds. The molecule has 1 saturated carbocycles. The number of benzene rings is 2. The van der Waals surface area contributed by atoms with Crippen molar-refractivity contribution in [3.63, 3.8) is 0 Å². The number of anilines is 1. The van der Waals surface area contributed by atoms with Crippen LogP contribution in [0.4, 0.5) is 5.69 Å². The van der Waals surface area contributed by atoms with E-state index in [2.05, 4.69) is 0 Å². The zero-order valence-electron chi connectivity index (χ0n) is 15.2. The molecule has 0 heterocycles. The smallest absolute Gasteiger partial charge is 0.321 e. The van der Waals surface area contributed by atoms with Crippen LogP contribution in [0.1, 0.15) is 32.1 Å². The van der Waals surface area contributed by atoms with Crippen molar-refractivity contribution in [1.82, 2.24) is 0 Å². The van der Waals surface area contributed by atoms with Gasteiger partial charge in [0.05, 0.1) is 10.6 Å². The van der Waals surface area contributed by atoms with Crippen LogP contribution in [-0.4, -0.2) is 37.3 Å². The van der Waals surface area contributed by atoms with Crippen molar-refractivity contribution in [3.8, 4) is 0 Å². The first-order valence-electron chi connectivity index (χ1n) is 8.96. The quantitative estimate of drug-likeness (QED) is 0.579. The first-order valence-corrected chi connectivity index (χ1v) is 10.6. The van der Waals surface area contributed by atoms with Crippen LogP contribution in [-0.2, 0) is 14.6 Å². The molecule has 27 heavy (non-hydrogen) atoms. The van der Waals surface area contributed by atoms with E-state index in [1.807, 2.05) is 0 Å². The third-order valence-corrected chi connectivity index (χ3v) is 6.44. The summed E-state index contributed by atoms with van der Waals surface area (Å²) in [6, 6.07) is 8.72. The van der Waals surface area contributed by atoms with E-state index in [0.717, 1.165) is 0 Å². The summed E-state index contributed by atoms with van der Waals surface area (Å²) in [5.74, 6) is -2.01. The van der Waals surface area contributed by atoms with E-state index in [1.165, 1.54) is 44.2 Å². The Hall–Kier alpha value is -2.16. The highest BCUT2D eigenvalue weighted by molar-refractivity contribution is 7.91. The third kappa shape index (κ3) is 5.66. The average molecular weight is 394 g/mol. The van der Waals surface area contributed by atoms with Crippen molar-refractivity contribution < 1.29 is 18.3 Å². The number of rotatable bonds is 4. The monoisotopic (exact) mass is 393 g/mol. The molecule has 1 atom stereocenters. The molecule has 0 unspecified atom stereocenters. The summed E-state index contributed by atoms with van der Waals surface area (Å²) >= 11 is 0. The number of carboxylic acid groups (broad SMARTS) is 1. The van der Waals surface area contributed by atoms with Gasteiger partial charge >= 0.3 is 5.97 Å². The Kier molecular flexibility index (Phi) is 7.18. The molecular weight excluding hydrogens is 366 g/mol. The Bertz CT molecular complexity index is 893. The minimum atomic E-state index is -3.81. The van der Waals surface area contributed by atoms with Crippen LogP contribution in [0.3, 0.4) is 0 Å². The fraction of sp³-hybridized carbons (Fsp3) is 0.421. The third-order valence-electron chi connectivity index (χ3n) is 4.62. The lowest BCUT2D eigenvalue weighted by Gasteiger charge is -2.15. The van der Waals surface area contributed by atoms with E-state index in [9.17, 15) is 13.2 Å². The molecule has 1 aliphatic carbocycles. The first kappa shape index (κ1) is 21.1. The van der Waals surface area contributed by atoms with Crippen LogP contribution < -0.4 is 17.2 Å². The van der Waals surface area contributed by atoms with Gasteiger partial charge in [0.15, 0.2) is 9.84 Å². The normalized spacial score (nSPS) is 16.4. The fourth-order valence-electron chi connectivity index (χ4n) is 3.10. The van der Waals surface area contributed by atoms with Crippen LogP contribution in [0.15, 0.2) is 41.3 Å². The zero-order valence-corrected chi connectivity index (χ0v) is 16.0. The molecule has 7 N–H and O–H groups in total. The molecule has 148 valence electrons. The number of sulfone groups is 1. The van der Waals surface area contributed by atoms with Gasteiger partial charge in [0.2, 0.25) is 0 Å². The summed E-state index contributed by atoms with van der Waals surface area (Å²) in [6.45, 7) is 0.